The van der Waals surface area contributed by atoms with Crippen LogP contribution in [0.15, 0.2) is 24.7 Å². The summed E-state index contributed by atoms with van der Waals surface area (Å²) in [6, 6.07) is 3.67. The number of hydrogen-bond acceptors (Lipinski definition) is 5. The standard InChI is InChI=1S/C21H22FIN6O/c1-12-7-19(29-21(27-12)25-11-26-29)15-10-28(6-5-17(15)23-2)20(30)14-8-18(13-3-4-13)24-9-16(14)22/h7-9,11,13,15,17H,2-6,10H2,1H3/t15-,17?/m1/s1. The molecule has 2 atom stereocenters. The van der Waals surface area contributed by atoms with E-state index in [1.165, 1.54) is 12.5 Å². The Labute approximate surface area is 183 Å². The third-order valence-electron chi connectivity index (χ3n) is 5.90. The van der Waals surface area contributed by atoms with Crippen LogP contribution >= 0.6 is 20.7 Å². The summed E-state index contributed by atoms with van der Waals surface area (Å²) in [6.07, 6.45) is 5.66. The number of amides is 1. The fourth-order valence-corrected chi connectivity index (χ4v) is 6.11. The Balaban J connectivity index is 1.48. The molecule has 3 aromatic rings. The number of piperidine rings is 1. The fourth-order valence-electron chi connectivity index (χ4n) is 4.19. The van der Waals surface area contributed by atoms with Gasteiger partial charge in [0.2, 0.25) is 0 Å². The number of aromatic nitrogens is 5. The van der Waals surface area contributed by atoms with Crippen molar-refractivity contribution in [3.05, 3.63) is 53.1 Å². The lowest BCUT2D eigenvalue weighted by Crippen LogP contribution is -2.44. The fraction of sp³-hybridized carbons (Fsp3) is 0.429. The second-order valence-corrected chi connectivity index (χ2v) is 10.5. The summed E-state index contributed by atoms with van der Waals surface area (Å²) in [4.78, 5) is 27.9. The van der Waals surface area contributed by atoms with Gasteiger partial charge >= 0.3 is 0 Å². The number of alkyl halides is 1. The van der Waals surface area contributed by atoms with E-state index in [0.29, 0.717) is 28.7 Å². The molecule has 156 valence electrons. The van der Waals surface area contributed by atoms with E-state index in [4.69, 9.17) is 0 Å². The van der Waals surface area contributed by atoms with Crippen LogP contribution in [0.3, 0.4) is 0 Å². The van der Waals surface area contributed by atoms with Crippen molar-refractivity contribution in [3.8, 4) is 0 Å². The van der Waals surface area contributed by atoms with Crippen molar-refractivity contribution in [2.45, 2.75) is 41.9 Å². The van der Waals surface area contributed by atoms with Crippen molar-refractivity contribution < 1.29 is 9.18 Å². The maximum atomic E-state index is 14.5. The Kier molecular flexibility index (Phi) is 5.08. The van der Waals surface area contributed by atoms with Gasteiger partial charge in [-0.1, -0.05) is 4.51 Å². The largest absolute Gasteiger partial charge is 0.338 e. The molecule has 2 aliphatic rings. The Hall–Kier alpha value is -2.30. The number of likely N-dealkylation sites (tertiary alicyclic amines) is 1. The van der Waals surface area contributed by atoms with Crippen LogP contribution in [0.4, 0.5) is 4.39 Å². The molecule has 4 heterocycles. The van der Waals surface area contributed by atoms with E-state index in [1.54, 1.807) is 15.5 Å². The molecule has 1 saturated carbocycles. The number of nitrogens with zero attached hydrogens (tertiary/aromatic N) is 6. The summed E-state index contributed by atoms with van der Waals surface area (Å²) in [5.74, 6) is 0.191. The highest BCUT2D eigenvalue weighted by Crippen LogP contribution is 2.40. The smallest absolute Gasteiger partial charge is 0.256 e. The number of fused-ring (bicyclic) bond motifs is 1. The van der Waals surface area contributed by atoms with E-state index in [2.05, 4.69) is 24.6 Å². The van der Waals surface area contributed by atoms with Crippen LogP contribution in [0.2, 0.25) is 0 Å². The number of pyridine rings is 1. The molecule has 5 rings (SSSR count). The number of aryl methyl sites for hydroxylation is 1. The van der Waals surface area contributed by atoms with Gasteiger partial charge in [-0.05, 0) is 38.3 Å². The van der Waals surface area contributed by atoms with Gasteiger partial charge in [0.15, 0.2) is 5.82 Å². The molecule has 9 heteroatoms. The van der Waals surface area contributed by atoms with Crippen LogP contribution in [0.5, 0.6) is 0 Å². The van der Waals surface area contributed by atoms with Gasteiger partial charge in [-0.2, -0.15) is 10.1 Å². The molecule has 0 N–H and O–H groups in total. The van der Waals surface area contributed by atoms with Crippen LogP contribution in [-0.4, -0.2) is 56.9 Å². The average molecular weight is 520 g/mol. The first kappa shape index (κ1) is 19.7. The highest BCUT2D eigenvalue weighted by Gasteiger charge is 2.35. The molecule has 0 aromatic carbocycles. The van der Waals surface area contributed by atoms with Crippen molar-refractivity contribution in [1.82, 2.24) is 29.5 Å². The molecule has 1 aliphatic carbocycles. The Morgan fingerprint density at radius 3 is 2.87 bits per heavy atom. The SMILES string of the molecule is C=IC1CCN(C(=O)c2cc(C3CC3)ncc2F)C[C@H]1c1cc(C)nc2ncnn12. The van der Waals surface area contributed by atoms with Crippen LogP contribution < -0.4 is 0 Å². The molecular formula is C21H22FIN6O. The quantitative estimate of drug-likeness (QED) is 0.390. The zero-order valence-corrected chi connectivity index (χ0v) is 18.8. The third-order valence-corrected chi connectivity index (χ3v) is 8.53. The van der Waals surface area contributed by atoms with E-state index in [0.717, 1.165) is 36.3 Å². The maximum Gasteiger partial charge on any atom is 0.256 e. The van der Waals surface area contributed by atoms with Gasteiger partial charge in [0.05, 0.1) is 17.5 Å². The lowest BCUT2D eigenvalue weighted by Gasteiger charge is -2.37. The van der Waals surface area contributed by atoms with Crippen LogP contribution in [0.25, 0.3) is 5.78 Å². The second-order valence-electron chi connectivity index (χ2n) is 7.97. The first-order chi connectivity index (χ1) is 14.5. The molecule has 3 aromatic heterocycles. The molecule has 1 unspecified atom stereocenters. The molecule has 0 spiro atoms. The molecule has 7 nitrogen and oxygen atoms in total. The van der Waals surface area contributed by atoms with Gasteiger partial charge in [-0.25, -0.2) is 13.9 Å². The molecule has 0 radical (unpaired) electrons. The number of halogens is 2. The van der Waals surface area contributed by atoms with Gasteiger partial charge in [-0.15, -0.1) is 20.7 Å². The Morgan fingerprint density at radius 2 is 2.10 bits per heavy atom. The summed E-state index contributed by atoms with van der Waals surface area (Å²) in [6.45, 7) is 3.06. The average Bonchev–Trinajstić information content (AvgIpc) is 3.50. The zero-order valence-electron chi connectivity index (χ0n) is 16.6. The number of rotatable bonds is 4. The first-order valence-electron chi connectivity index (χ1n) is 10.0. The highest BCUT2D eigenvalue weighted by atomic mass is 127. The van der Waals surface area contributed by atoms with Crippen LogP contribution in [-0.2, 0) is 0 Å². The topological polar surface area (TPSA) is 76.3 Å². The van der Waals surface area contributed by atoms with Gasteiger partial charge in [-0.3, -0.25) is 9.78 Å². The van der Waals surface area contributed by atoms with Gasteiger partial charge < -0.3 is 4.90 Å². The van der Waals surface area contributed by atoms with Gasteiger partial charge in [0.25, 0.3) is 11.7 Å². The maximum absolute atomic E-state index is 14.5. The van der Waals surface area contributed by atoms with Gasteiger partial charge in [0.1, 0.15) is 6.33 Å². The zero-order chi connectivity index (χ0) is 20.8. The minimum Gasteiger partial charge on any atom is -0.338 e. The van der Waals surface area contributed by atoms with Crippen molar-refractivity contribution in [1.29, 1.82) is 0 Å². The van der Waals surface area contributed by atoms with Crippen molar-refractivity contribution >= 4 is 36.9 Å². The molecule has 2 fully saturated rings. The molecule has 1 amide bonds. The lowest BCUT2D eigenvalue weighted by molar-refractivity contribution is 0.0707. The number of carbonyl (C=O) groups excluding carboxylic acids is 1. The second kappa shape index (κ2) is 7.75. The summed E-state index contributed by atoms with van der Waals surface area (Å²) in [5.41, 5.74) is 2.81. The van der Waals surface area contributed by atoms with E-state index < -0.39 is 5.82 Å². The predicted octanol–water partition coefficient (Wildman–Crippen LogP) is 3.25. The van der Waals surface area contributed by atoms with Crippen LogP contribution in [0.1, 0.15) is 58.5 Å². The minimum absolute atomic E-state index is 0.0756. The third kappa shape index (κ3) is 3.52. The monoisotopic (exact) mass is 520 g/mol. The van der Waals surface area contributed by atoms with Gasteiger partial charge in [0, 0.05) is 40.2 Å². The summed E-state index contributed by atoms with van der Waals surface area (Å²) < 4.78 is 20.9. The lowest BCUT2D eigenvalue weighted by atomic mass is 9.93. The summed E-state index contributed by atoms with van der Waals surface area (Å²) in [7, 11) is 0. The van der Waals surface area contributed by atoms with Crippen LogP contribution in [0, 0.1) is 12.7 Å². The summed E-state index contributed by atoms with van der Waals surface area (Å²) >= 11 is -0.292. The Bertz CT molecular complexity index is 1140. The Morgan fingerprint density at radius 1 is 1.27 bits per heavy atom. The normalized spacial score (nSPS) is 21.9. The minimum atomic E-state index is -0.550. The number of carbonyl (C=O) groups is 1. The molecule has 30 heavy (non-hydrogen) atoms. The highest BCUT2D eigenvalue weighted by molar-refractivity contribution is 14.2. The molecule has 1 saturated heterocycles. The van der Waals surface area contributed by atoms with Crippen molar-refractivity contribution in [2.24, 2.45) is 0 Å². The van der Waals surface area contributed by atoms with E-state index >= 15 is 0 Å². The molecule has 0 bridgehead atoms. The van der Waals surface area contributed by atoms with E-state index in [-0.39, 0.29) is 38.1 Å². The van der Waals surface area contributed by atoms with Crippen molar-refractivity contribution in [3.63, 3.8) is 0 Å². The predicted molar refractivity (Wildman–Crippen MR) is 120 cm³/mol. The van der Waals surface area contributed by atoms with E-state index in [1.807, 2.05) is 13.0 Å². The van der Waals surface area contributed by atoms with E-state index in [9.17, 15) is 9.18 Å². The molecule has 1 aliphatic heterocycles. The van der Waals surface area contributed by atoms with Crippen molar-refractivity contribution in [2.75, 3.05) is 13.1 Å². The summed E-state index contributed by atoms with van der Waals surface area (Å²) in [5, 5.41) is 4.35. The first-order valence-corrected chi connectivity index (χ1v) is 12.8. The number of hydrogen-bond donors (Lipinski definition) is 0. The molecular weight excluding hydrogens is 498 g/mol.